The Morgan fingerprint density at radius 3 is 2.64 bits per heavy atom. The van der Waals surface area contributed by atoms with Gasteiger partial charge in [-0.3, -0.25) is 9.59 Å². The topological polar surface area (TPSA) is 93.7 Å². The summed E-state index contributed by atoms with van der Waals surface area (Å²) in [7, 11) is 1.35. The van der Waals surface area contributed by atoms with E-state index in [4.69, 9.17) is 21.7 Å². The molecule has 33 heavy (non-hydrogen) atoms. The predicted octanol–water partition coefficient (Wildman–Crippen LogP) is 4.18. The van der Waals surface area contributed by atoms with Crippen molar-refractivity contribution in [3.8, 4) is 0 Å². The lowest BCUT2D eigenvalue weighted by Gasteiger charge is -2.10. The fraction of sp³-hybridized carbons (Fsp3) is 0.417. The summed E-state index contributed by atoms with van der Waals surface area (Å²) < 4.78 is 10.1. The molecule has 1 aliphatic rings. The average molecular weight is 489 g/mol. The number of hydrogen-bond acceptors (Lipinski definition) is 7. The molecule has 0 saturated heterocycles. The zero-order chi connectivity index (χ0) is 23.6. The summed E-state index contributed by atoms with van der Waals surface area (Å²) in [5.41, 5.74) is 2.72. The molecule has 0 fully saturated rings. The van der Waals surface area contributed by atoms with Gasteiger partial charge in [-0.05, 0) is 61.9 Å². The summed E-state index contributed by atoms with van der Waals surface area (Å²) in [5.74, 6) is -1.02. The Morgan fingerprint density at radius 2 is 1.88 bits per heavy atom. The number of anilines is 1. The Labute approximate surface area is 202 Å². The van der Waals surface area contributed by atoms with Crippen molar-refractivity contribution in [2.24, 2.45) is 0 Å². The van der Waals surface area contributed by atoms with Gasteiger partial charge >= 0.3 is 11.9 Å². The van der Waals surface area contributed by atoms with Gasteiger partial charge < -0.3 is 20.1 Å². The normalized spacial score (nSPS) is 12.0. The van der Waals surface area contributed by atoms with E-state index < -0.39 is 5.97 Å². The second-order valence-electron chi connectivity index (χ2n) is 7.72. The molecule has 7 nitrogen and oxygen atoms in total. The van der Waals surface area contributed by atoms with Crippen LogP contribution in [-0.2, 0) is 38.3 Å². The first-order chi connectivity index (χ1) is 16.0. The number of hydrogen-bond donors (Lipinski definition) is 2. The molecule has 3 rings (SSSR count). The maximum Gasteiger partial charge on any atom is 0.341 e. The van der Waals surface area contributed by atoms with Gasteiger partial charge in [0.2, 0.25) is 5.91 Å². The number of thiophene rings is 1. The largest absolute Gasteiger partial charge is 0.466 e. The van der Waals surface area contributed by atoms with E-state index in [2.05, 4.69) is 10.6 Å². The van der Waals surface area contributed by atoms with Crippen molar-refractivity contribution in [3.05, 3.63) is 51.9 Å². The molecule has 1 heterocycles. The highest BCUT2D eigenvalue weighted by Gasteiger charge is 2.27. The highest BCUT2D eigenvalue weighted by Crippen LogP contribution is 2.39. The van der Waals surface area contributed by atoms with E-state index in [9.17, 15) is 14.4 Å². The van der Waals surface area contributed by atoms with Gasteiger partial charge in [-0.25, -0.2) is 4.79 Å². The Morgan fingerprint density at radius 1 is 1.09 bits per heavy atom. The van der Waals surface area contributed by atoms with Crippen LogP contribution in [0.15, 0.2) is 30.3 Å². The number of rotatable bonds is 10. The molecule has 0 bridgehead atoms. The van der Waals surface area contributed by atoms with Crippen molar-refractivity contribution in [2.45, 2.75) is 51.4 Å². The van der Waals surface area contributed by atoms with Crippen LogP contribution in [0.1, 0.15) is 58.5 Å². The molecule has 2 aromatic rings. The molecule has 1 aromatic heterocycles. The van der Waals surface area contributed by atoms with E-state index in [1.165, 1.54) is 24.0 Å². The zero-order valence-electron chi connectivity index (χ0n) is 18.6. The Hall–Kier alpha value is -2.78. The number of carbonyl (C=O) groups is 3. The predicted molar refractivity (Wildman–Crippen MR) is 132 cm³/mol. The summed E-state index contributed by atoms with van der Waals surface area (Å²) in [6.45, 7) is 0.362. The van der Waals surface area contributed by atoms with Gasteiger partial charge in [0.25, 0.3) is 0 Å². The lowest BCUT2D eigenvalue weighted by atomic mass is 10.1. The number of carbonyl (C=O) groups excluding carboxylic acids is 3. The van der Waals surface area contributed by atoms with Crippen LogP contribution in [0.25, 0.3) is 0 Å². The van der Waals surface area contributed by atoms with Crippen LogP contribution in [0, 0.1) is 0 Å². The molecule has 1 aromatic carbocycles. The van der Waals surface area contributed by atoms with Crippen molar-refractivity contribution in [1.29, 1.82) is 0 Å². The van der Waals surface area contributed by atoms with Gasteiger partial charge in [-0.15, -0.1) is 11.3 Å². The molecule has 1 amide bonds. The SMILES string of the molecule is COC(=O)c1c(NC(=S)NC(=O)CCCC(=O)OCCCc2ccccc2)sc2c1CCC2. The summed E-state index contributed by atoms with van der Waals surface area (Å²) >= 11 is 6.70. The first kappa shape index (κ1) is 24.9. The molecule has 176 valence electrons. The van der Waals surface area contributed by atoms with E-state index in [-0.39, 0.29) is 29.8 Å². The van der Waals surface area contributed by atoms with Crippen LogP contribution in [0.2, 0.25) is 0 Å². The summed E-state index contributed by atoms with van der Waals surface area (Å²) in [6.07, 6.45) is 5.07. The van der Waals surface area contributed by atoms with Crippen LogP contribution in [0.3, 0.4) is 0 Å². The highest BCUT2D eigenvalue weighted by atomic mass is 32.1. The molecule has 0 saturated carbocycles. The van der Waals surface area contributed by atoms with Gasteiger partial charge in [0.1, 0.15) is 5.00 Å². The van der Waals surface area contributed by atoms with E-state index in [0.29, 0.717) is 23.6 Å². The Kier molecular flexibility index (Phi) is 9.38. The van der Waals surface area contributed by atoms with Gasteiger partial charge in [-0.2, -0.15) is 0 Å². The monoisotopic (exact) mass is 488 g/mol. The minimum absolute atomic E-state index is 0.119. The van der Waals surface area contributed by atoms with Gasteiger partial charge in [0.05, 0.1) is 19.3 Å². The number of nitrogens with one attached hydrogen (secondary N) is 2. The van der Waals surface area contributed by atoms with E-state index in [1.54, 1.807) is 0 Å². The lowest BCUT2D eigenvalue weighted by molar-refractivity contribution is -0.143. The van der Waals surface area contributed by atoms with Crippen LogP contribution >= 0.6 is 23.6 Å². The first-order valence-electron chi connectivity index (χ1n) is 11.0. The molecular formula is C24H28N2O5S2. The molecule has 0 unspecified atom stereocenters. The third kappa shape index (κ3) is 7.36. The molecule has 0 spiro atoms. The second-order valence-corrected chi connectivity index (χ2v) is 9.23. The standard InChI is InChI=1S/C24H28N2O5S2/c1-30-23(29)21-17-11-5-12-18(17)33-22(21)26-24(32)25-19(27)13-6-14-20(28)31-15-7-10-16-8-3-2-4-9-16/h2-4,8-9H,5-7,10-15H2,1H3,(H2,25,26,27,32). The van der Waals surface area contributed by atoms with Crippen molar-refractivity contribution in [2.75, 3.05) is 19.0 Å². The third-order valence-corrected chi connectivity index (χ3v) is 6.70. The van der Waals surface area contributed by atoms with Crippen LogP contribution in [-0.4, -0.2) is 36.7 Å². The molecule has 0 aliphatic heterocycles. The number of ether oxygens (including phenoxy) is 2. The minimum atomic E-state index is -0.409. The number of esters is 2. The summed E-state index contributed by atoms with van der Waals surface area (Å²) in [6, 6.07) is 10.0. The van der Waals surface area contributed by atoms with Crippen LogP contribution < -0.4 is 10.6 Å². The zero-order valence-corrected chi connectivity index (χ0v) is 20.2. The number of fused-ring (bicyclic) bond motifs is 1. The Balaban J connectivity index is 1.34. The van der Waals surface area contributed by atoms with Crippen molar-refractivity contribution in [1.82, 2.24) is 5.32 Å². The molecule has 0 radical (unpaired) electrons. The van der Waals surface area contributed by atoms with Crippen molar-refractivity contribution in [3.63, 3.8) is 0 Å². The van der Waals surface area contributed by atoms with Crippen molar-refractivity contribution >= 4 is 51.5 Å². The first-order valence-corrected chi connectivity index (χ1v) is 12.2. The quantitative estimate of drug-likeness (QED) is 0.294. The number of benzene rings is 1. The van der Waals surface area contributed by atoms with E-state index in [1.807, 2.05) is 30.3 Å². The lowest BCUT2D eigenvalue weighted by Crippen LogP contribution is -2.34. The number of amides is 1. The molecule has 1 aliphatic carbocycles. The fourth-order valence-electron chi connectivity index (χ4n) is 3.71. The average Bonchev–Trinajstić information content (AvgIpc) is 3.37. The maximum absolute atomic E-state index is 12.2. The maximum atomic E-state index is 12.2. The number of aryl methyl sites for hydroxylation is 2. The van der Waals surface area contributed by atoms with Gasteiger partial charge in [-0.1, -0.05) is 30.3 Å². The van der Waals surface area contributed by atoms with E-state index >= 15 is 0 Å². The number of thiocarbonyl (C=S) groups is 1. The molecule has 0 atom stereocenters. The third-order valence-electron chi connectivity index (χ3n) is 5.29. The molecule has 2 N–H and O–H groups in total. The summed E-state index contributed by atoms with van der Waals surface area (Å²) in [4.78, 5) is 37.4. The van der Waals surface area contributed by atoms with Crippen LogP contribution in [0.4, 0.5) is 5.00 Å². The number of methoxy groups -OCH3 is 1. The van der Waals surface area contributed by atoms with E-state index in [0.717, 1.165) is 42.5 Å². The minimum Gasteiger partial charge on any atom is -0.466 e. The molecular weight excluding hydrogens is 460 g/mol. The van der Waals surface area contributed by atoms with Crippen molar-refractivity contribution < 1.29 is 23.9 Å². The van der Waals surface area contributed by atoms with Gasteiger partial charge in [0, 0.05) is 17.7 Å². The molecule has 9 heteroatoms. The Bertz CT molecular complexity index is 1000. The fourth-order valence-corrected chi connectivity index (χ4v) is 5.27. The summed E-state index contributed by atoms with van der Waals surface area (Å²) in [5, 5.41) is 6.28. The smallest absolute Gasteiger partial charge is 0.341 e. The second kappa shape index (κ2) is 12.5. The van der Waals surface area contributed by atoms with Crippen LogP contribution in [0.5, 0.6) is 0 Å². The van der Waals surface area contributed by atoms with Gasteiger partial charge in [0.15, 0.2) is 5.11 Å². The highest BCUT2D eigenvalue weighted by molar-refractivity contribution is 7.80.